The molecule has 0 heterocycles. The molecule has 112 valence electrons. The lowest BCUT2D eigenvalue weighted by Crippen LogP contribution is -2.51. The first-order chi connectivity index (χ1) is 9.42. The number of halogens is 1. The van der Waals surface area contributed by atoms with E-state index in [1.54, 1.807) is 13.0 Å². The van der Waals surface area contributed by atoms with E-state index in [9.17, 15) is 9.18 Å². The van der Waals surface area contributed by atoms with Gasteiger partial charge in [0.05, 0.1) is 13.7 Å². The maximum absolute atomic E-state index is 13.1. The smallest absolute Gasteiger partial charge is 0.325 e. The zero-order chi connectivity index (χ0) is 15.2. The van der Waals surface area contributed by atoms with E-state index in [-0.39, 0.29) is 11.8 Å². The highest BCUT2D eigenvalue weighted by Crippen LogP contribution is 2.20. The second-order valence-electron chi connectivity index (χ2n) is 4.86. The molecular weight excluding hydrogens is 261 g/mol. The average Bonchev–Trinajstić information content (AvgIpc) is 2.42. The van der Waals surface area contributed by atoms with Crippen LogP contribution in [0.3, 0.4) is 0 Å². The predicted molar refractivity (Wildman–Crippen MR) is 75.3 cm³/mol. The molecule has 0 saturated carbocycles. The largest absolute Gasteiger partial charge is 0.493 e. The standard InChI is InChI=1S/C15H22FNO3/c1-5-17-15(3,14(18)19-4)8-9-20-13-10-12(16)7-6-11(13)2/h6-7,10,17H,5,8-9H2,1-4H3. The normalized spacial score (nSPS) is 13.7. The van der Waals surface area contributed by atoms with Crippen LogP contribution < -0.4 is 10.1 Å². The summed E-state index contributed by atoms with van der Waals surface area (Å²) in [5, 5.41) is 3.09. The van der Waals surface area contributed by atoms with Gasteiger partial charge in [-0.1, -0.05) is 13.0 Å². The van der Waals surface area contributed by atoms with Gasteiger partial charge in [-0.3, -0.25) is 4.79 Å². The van der Waals surface area contributed by atoms with Crippen molar-refractivity contribution < 1.29 is 18.7 Å². The molecule has 0 spiro atoms. The van der Waals surface area contributed by atoms with Crippen molar-refractivity contribution in [2.75, 3.05) is 20.3 Å². The molecule has 20 heavy (non-hydrogen) atoms. The van der Waals surface area contributed by atoms with Gasteiger partial charge in [0.2, 0.25) is 0 Å². The minimum atomic E-state index is -0.801. The summed E-state index contributed by atoms with van der Waals surface area (Å²) in [5.74, 6) is -0.180. The minimum absolute atomic E-state index is 0.295. The molecule has 0 bridgehead atoms. The third-order valence-corrected chi connectivity index (χ3v) is 3.21. The van der Waals surface area contributed by atoms with Crippen molar-refractivity contribution >= 4 is 5.97 Å². The number of likely N-dealkylation sites (N-methyl/N-ethyl adjacent to an activating group) is 1. The molecule has 0 aliphatic rings. The van der Waals surface area contributed by atoms with Crippen LogP contribution in [0.1, 0.15) is 25.8 Å². The first-order valence-corrected chi connectivity index (χ1v) is 6.65. The fourth-order valence-corrected chi connectivity index (χ4v) is 1.97. The summed E-state index contributed by atoms with van der Waals surface area (Å²) in [5.41, 5.74) is 0.0553. The van der Waals surface area contributed by atoms with Gasteiger partial charge in [0.1, 0.15) is 17.1 Å². The molecular formula is C15H22FNO3. The molecule has 1 atom stereocenters. The van der Waals surface area contributed by atoms with Gasteiger partial charge in [0, 0.05) is 12.5 Å². The Labute approximate surface area is 119 Å². The van der Waals surface area contributed by atoms with E-state index in [1.807, 2.05) is 13.8 Å². The third-order valence-electron chi connectivity index (χ3n) is 3.21. The molecule has 0 fully saturated rings. The summed E-state index contributed by atoms with van der Waals surface area (Å²) in [6, 6.07) is 4.39. The molecule has 1 aromatic carbocycles. The number of nitrogens with one attached hydrogen (secondary N) is 1. The third kappa shape index (κ3) is 4.20. The number of hydrogen-bond donors (Lipinski definition) is 1. The van der Waals surface area contributed by atoms with E-state index in [0.717, 1.165) is 5.56 Å². The molecule has 0 radical (unpaired) electrons. The number of rotatable bonds is 7. The van der Waals surface area contributed by atoms with Gasteiger partial charge < -0.3 is 14.8 Å². The number of carbonyl (C=O) groups is 1. The number of benzene rings is 1. The molecule has 1 aromatic rings. The lowest BCUT2D eigenvalue weighted by Gasteiger charge is -2.27. The predicted octanol–water partition coefficient (Wildman–Crippen LogP) is 2.44. The summed E-state index contributed by atoms with van der Waals surface area (Å²) in [7, 11) is 1.36. The Morgan fingerprint density at radius 1 is 1.45 bits per heavy atom. The van der Waals surface area contributed by atoms with Gasteiger partial charge in [-0.25, -0.2) is 4.39 Å². The molecule has 0 aliphatic carbocycles. The zero-order valence-electron chi connectivity index (χ0n) is 12.5. The maximum atomic E-state index is 13.1. The SMILES string of the molecule is CCNC(C)(CCOc1cc(F)ccc1C)C(=O)OC. The lowest BCUT2D eigenvalue weighted by atomic mass is 9.98. The van der Waals surface area contributed by atoms with E-state index in [2.05, 4.69) is 5.32 Å². The zero-order valence-corrected chi connectivity index (χ0v) is 12.5. The van der Waals surface area contributed by atoms with E-state index >= 15 is 0 Å². The molecule has 0 amide bonds. The van der Waals surface area contributed by atoms with Crippen molar-refractivity contribution in [2.45, 2.75) is 32.7 Å². The maximum Gasteiger partial charge on any atom is 0.325 e. The second-order valence-corrected chi connectivity index (χ2v) is 4.86. The first-order valence-electron chi connectivity index (χ1n) is 6.65. The first kappa shape index (κ1) is 16.4. The van der Waals surface area contributed by atoms with Crippen LogP contribution in [0.4, 0.5) is 4.39 Å². The Balaban J connectivity index is 2.65. The Morgan fingerprint density at radius 3 is 2.75 bits per heavy atom. The summed E-state index contributed by atoms with van der Waals surface area (Å²) in [6.45, 7) is 6.47. The highest BCUT2D eigenvalue weighted by atomic mass is 19.1. The number of carbonyl (C=O) groups excluding carboxylic acids is 1. The Kier molecular flexibility index (Phi) is 5.95. The molecule has 1 N–H and O–H groups in total. The van der Waals surface area contributed by atoms with Crippen molar-refractivity contribution in [1.82, 2.24) is 5.32 Å². The van der Waals surface area contributed by atoms with Gasteiger partial charge in [0.15, 0.2) is 0 Å². The Morgan fingerprint density at radius 2 is 2.15 bits per heavy atom. The molecule has 1 rings (SSSR count). The number of aryl methyl sites for hydroxylation is 1. The molecule has 0 saturated heterocycles. The molecule has 5 heteroatoms. The second kappa shape index (κ2) is 7.24. The van der Waals surface area contributed by atoms with E-state index < -0.39 is 5.54 Å². The quantitative estimate of drug-likeness (QED) is 0.781. The molecule has 1 unspecified atom stereocenters. The van der Waals surface area contributed by atoms with E-state index in [1.165, 1.54) is 19.2 Å². The van der Waals surface area contributed by atoms with Crippen LogP contribution in [0.25, 0.3) is 0 Å². The van der Waals surface area contributed by atoms with Gasteiger partial charge >= 0.3 is 5.97 Å². The van der Waals surface area contributed by atoms with E-state index in [0.29, 0.717) is 25.3 Å². The highest BCUT2D eigenvalue weighted by Gasteiger charge is 2.33. The topological polar surface area (TPSA) is 47.6 Å². The van der Waals surface area contributed by atoms with Crippen LogP contribution in [-0.4, -0.2) is 31.8 Å². The van der Waals surface area contributed by atoms with Crippen LogP contribution >= 0.6 is 0 Å². The van der Waals surface area contributed by atoms with Crippen molar-refractivity contribution in [2.24, 2.45) is 0 Å². The van der Waals surface area contributed by atoms with Crippen LogP contribution in [-0.2, 0) is 9.53 Å². The number of ether oxygens (including phenoxy) is 2. The molecule has 0 aromatic heterocycles. The van der Waals surface area contributed by atoms with Crippen molar-refractivity contribution in [3.63, 3.8) is 0 Å². The van der Waals surface area contributed by atoms with Crippen LogP contribution in [0.15, 0.2) is 18.2 Å². The number of methoxy groups -OCH3 is 1. The Bertz CT molecular complexity index is 464. The van der Waals surface area contributed by atoms with Crippen LogP contribution in [0, 0.1) is 12.7 Å². The summed E-state index contributed by atoms with van der Waals surface area (Å²) in [6.07, 6.45) is 0.434. The molecule has 0 aliphatic heterocycles. The van der Waals surface area contributed by atoms with Crippen molar-refractivity contribution in [3.8, 4) is 5.75 Å². The summed E-state index contributed by atoms with van der Waals surface area (Å²) in [4.78, 5) is 11.8. The van der Waals surface area contributed by atoms with Crippen LogP contribution in [0.2, 0.25) is 0 Å². The average molecular weight is 283 g/mol. The monoisotopic (exact) mass is 283 g/mol. The van der Waals surface area contributed by atoms with Gasteiger partial charge in [-0.15, -0.1) is 0 Å². The minimum Gasteiger partial charge on any atom is -0.493 e. The van der Waals surface area contributed by atoms with Crippen molar-refractivity contribution in [1.29, 1.82) is 0 Å². The lowest BCUT2D eigenvalue weighted by molar-refractivity contribution is -0.148. The van der Waals surface area contributed by atoms with Gasteiger partial charge in [-0.2, -0.15) is 0 Å². The van der Waals surface area contributed by atoms with Crippen LogP contribution in [0.5, 0.6) is 5.75 Å². The number of hydrogen-bond acceptors (Lipinski definition) is 4. The van der Waals surface area contributed by atoms with Crippen molar-refractivity contribution in [3.05, 3.63) is 29.6 Å². The number of esters is 1. The molecule has 4 nitrogen and oxygen atoms in total. The van der Waals surface area contributed by atoms with Gasteiger partial charge in [0.25, 0.3) is 0 Å². The fraction of sp³-hybridized carbons (Fsp3) is 0.533. The van der Waals surface area contributed by atoms with Gasteiger partial charge in [-0.05, 0) is 32.0 Å². The van der Waals surface area contributed by atoms with E-state index in [4.69, 9.17) is 9.47 Å². The summed E-state index contributed by atoms with van der Waals surface area (Å²) < 4.78 is 23.5. The Hall–Kier alpha value is -1.62. The fourth-order valence-electron chi connectivity index (χ4n) is 1.97. The highest BCUT2D eigenvalue weighted by molar-refractivity contribution is 5.80. The summed E-state index contributed by atoms with van der Waals surface area (Å²) >= 11 is 0.